The maximum absolute atomic E-state index is 12.0. The summed E-state index contributed by atoms with van der Waals surface area (Å²) < 4.78 is 0. The zero-order valence-electron chi connectivity index (χ0n) is 16.4. The topological polar surface area (TPSA) is 72.2 Å². The summed E-state index contributed by atoms with van der Waals surface area (Å²) in [6.45, 7) is 4.01. The van der Waals surface area contributed by atoms with Gasteiger partial charge in [0.15, 0.2) is 0 Å². The number of amides is 1. The van der Waals surface area contributed by atoms with Crippen LogP contribution in [0.1, 0.15) is 89.5 Å². The number of unbranched alkanes of at least 4 members (excludes halogenated alkanes) is 10. The van der Waals surface area contributed by atoms with Gasteiger partial charge in [0.05, 0.1) is 4.92 Å². The van der Waals surface area contributed by atoms with E-state index in [-0.39, 0.29) is 11.6 Å². The fourth-order valence-electron chi connectivity index (χ4n) is 3.06. The SMILES string of the molecule is CCCCCCCCCCCCCC(=O)Nc1ccc([N+](=O)[O-])cc1C. The summed E-state index contributed by atoms with van der Waals surface area (Å²) in [4.78, 5) is 22.3. The lowest BCUT2D eigenvalue weighted by Crippen LogP contribution is -2.12. The Morgan fingerprint density at radius 3 is 2.00 bits per heavy atom. The molecule has 0 bridgehead atoms. The van der Waals surface area contributed by atoms with E-state index in [9.17, 15) is 14.9 Å². The highest BCUT2D eigenvalue weighted by Crippen LogP contribution is 2.21. The first-order valence-corrected chi connectivity index (χ1v) is 10.1. The fraction of sp³-hybridized carbons (Fsp3) is 0.667. The minimum Gasteiger partial charge on any atom is -0.326 e. The third kappa shape index (κ3) is 9.54. The predicted octanol–water partition coefficient (Wildman–Crippen LogP) is 6.54. The van der Waals surface area contributed by atoms with E-state index in [1.165, 1.54) is 69.9 Å². The molecule has 0 aliphatic rings. The Labute approximate surface area is 157 Å². The van der Waals surface area contributed by atoms with Gasteiger partial charge >= 0.3 is 0 Å². The zero-order chi connectivity index (χ0) is 19.2. The highest BCUT2D eigenvalue weighted by molar-refractivity contribution is 5.91. The van der Waals surface area contributed by atoms with Crippen LogP contribution in [0.3, 0.4) is 0 Å². The number of nitrogens with zero attached hydrogens (tertiary/aromatic N) is 1. The van der Waals surface area contributed by atoms with Gasteiger partial charge in [-0.05, 0) is 25.0 Å². The number of carbonyl (C=O) groups is 1. The molecule has 1 N–H and O–H groups in total. The molecule has 5 nitrogen and oxygen atoms in total. The summed E-state index contributed by atoms with van der Waals surface area (Å²) in [5, 5.41) is 13.6. The lowest BCUT2D eigenvalue weighted by molar-refractivity contribution is -0.384. The van der Waals surface area contributed by atoms with Crippen molar-refractivity contribution in [1.29, 1.82) is 0 Å². The lowest BCUT2D eigenvalue weighted by Gasteiger charge is -2.08. The number of non-ortho nitro benzene ring substituents is 1. The molecule has 1 amide bonds. The Morgan fingerprint density at radius 2 is 1.50 bits per heavy atom. The second-order valence-electron chi connectivity index (χ2n) is 7.09. The van der Waals surface area contributed by atoms with Crippen LogP contribution in [0.4, 0.5) is 11.4 Å². The Balaban J connectivity index is 2.08. The van der Waals surface area contributed by atoms with E-state index in [2.05, 4.69) is 12.2 Å². The standard InChI is InChI=1S/C21H34N2O3/c1-3-4-5-6-7-8-9-10-11-12-13-14-21(24)22-20-16-15-19(23(25)26)17-18(20)2/h15-17H,3-14H2,1-2H3,(H,22,24). The molecule has 0 fully saturated rings. The molecule has 0 radical (unpaired) electrons. The van der Waals surface area contributed by atoms with Crippen molar-refractivity contribution in [3.63, 3.8) is 0 Å². The van der Waals surface area contributed by atoms with Crippen LogP contribution < -0.4 is 5.32 Å². The van der Waals surface area contributed by atoms with Crippen molar-refractivity contribution in [2.24, 2.45) is 0 Å². The van der Waals surface area contributed by atoms with Crippen molar-refractivity contribution in [2.75, 3.05) is 5.32 Å². The van der Waals surface area contributed by atoms with E-state index in [0.717, 1.165) is 12.8 Å². The number of nitro benzene ring substituents is 1. The molecule has 1 rings (SSSR count). The van der Waals surface area contributed by atoms with Crippen molar-refractivity contribution < 1.29 is 9.72 Å². The fourth-order valence-corrected chi connectivity index (χ4v) is 3.06. The molecule has 0 heterocycles. The molecule has 146 valence electrons. The van der Waals surface area contributed by atoms with Crippen molar-refractivity contribution in [3.05, 3.63) is 33.9 Å². The summed E-state index contributed by atoms with van der Waals surface area (Å²) in [6, 6.07) is 4.51. The Morgan fingerprint density at radius 1 is 0.962 bits per heavy atom. The van der Waals surface area contributed by atoms with Gasteiger partial charge in [-0.1, -0.05) is 71.1 Å². The summed E-state index contributed by atoms with van der Waals surface area (Å²) in [5.74, 6) is -0.0159. The second kappa shape index (κ2) is 13.3. The van der Waals surface area contributed by atoms with Gasteiger partial charge in [-0.15, -0.1) is 0 Å². The van der Waals surface area contributed by atoms with Gasteiger partial charge in [-0.2, -0.15) is 0 Å². The quantitative estimate of drug-likeness (QED) is 0.232. The predicted molar refractivity (Wildman–Crippen MR) is 108 cm³/mol. The maximum Gasteiger partial charge on any atom is 0.269 e. The van der Waals surface area contributed by atoms with Crippen molar-refractivity contribution in [2.45, 2.75) is 90.9 Å². The Hall–Kier alpha value is -1.91. The normalized spacial score (nSPS) is 10.7. The number of anilines is 1. The van der Waals surface area contributed by atoms with E-state index < -0.39 is 4.92 Å². The van der Waals surface area contributed by atoms with E-state index in [0.29, 0.717) is 17.7 Å². The van der Waals surface area contributed by atoms with Crippen LogP contribution >= 0.6 is 0 Å². The second-order valence-corrected chi connectivity index (χ2v) is 7.09. The Kier molecular flexibility index (Phi) is 11.3. The van der Waals surface area contributed by atoms with Crippen LogP contribution in [0.15, 0.2) is 18.2 Å². The largest absolute Gasteiger partial charge is 0.326 e. The number of rotatable bonds is 14. The van der Waals surface area contributed by atoms with Crippen LogP contribution in [-0.4, -0.2) is 10.8 Å². The van der Waals surface area contributed by atoms with E-state index in [1.54, 1.807) is 13.0 Å². The lowest BCUT2D eigenvalue weighted by atomic mass is 10.1. The van der Waals surface area contributed by atoms with Crippen molar-refractivity contribution in [3.8, 4) is 0 Å². The average molecular weight is 363 g/mol. The molecular weight excluding hydrogens is 328 g/mol. The van der Waals surface area contributed by atoms with Gasteiger partial charge in [0.2, 0.25) is 5.91 Å². The zero-order valence-corrected chi connectivity index (χ0v) is 16.4. The number of nitrogens with one attached hydrogen (secondary N) is 1. The molecule has 0 unspecified atom stereocenters. The molecule has 0 aliphatic heterocycles. The van der Waals surface area contributed by atoms with E-state index in [4.69, 9.17) is 0 Å². The summed E-state index contributed by atoms with van der Waals surface area (Å²) in [5.41, 5.74) is 1.42. The average Bonchev–Trinajstić information content (AvgIpc) is 2.61. The molecule has 0 aliphatic carbocycles. The molecular formula is C21H34N2O3. The number of carbonyl (C=O) groups excluding carboxylic acids is 1. The molecule has 26 heavy (non-hydrogen) atoms. The number of hydrogen-bond donors (Lipinski definition) is 1. The van der Waals surface area contributed by atoms with Crippen LogP contribution in [0.25, 0.3) is 0 Å². The summed E-state index contributed by atoms with van der Waals surface area (Å²) >= 11 is 0. The molecule has 1 aromatic carbocycles. The summed E-state index contributed by atoms with van der Waals surface area (Å²) in [7, 11) is 0. The minimum absolute atomic E-state index is 0.0159. The first-order chi connectivity index (χ1) is 12.5. The molecule has 1 aromatic rings. The third-order valence-corrected chi connectivity index (χ3v) is 4.70. The van der Waals surface area contributed by atoms with Gasteiger partial charge in [-0.3, -0.25) is 14.9 Å². The van der Waals surface area contributed by atoms with E-state index >= 15 is 0 Å². The van der Waals surface area contributed by atoms with Crippen LogP contribution in [-0.2, 0) is 4.79 Å². The molecule has 0 aromatic heterocycles. The number of benzene rings is 1. The molecule has 0 atom stereocenters. The van der Waals surface area contributed by atoms with Crippen molar-refractivity contribution >= 4 is 17.3 Å². The number of aryl methyl sites for hydroxylation is 1. The molecule has 0 spiro atoms. The first-order valence-electron chi connectivity index (χ1n) is 10.1. The number of hydrogen-bond acceptors (Lipinski definition) is 3. The highest BCUT2D eigenvalue weighted by atomic mass is 16.6. The van der Waals surface area contributed by atoms with Gasteiger partial charge in [0.1, 0.15) is 0 Å². The smallest absolute Gasteiger partial charge is 0.269 e. The maximum atomic E-state index is 12.0. The summed E-state index contributed by atoms with van der Waals surface area (Å²) in [6.07, 6.45) is 14.4. The molecule has 0 saturated heterocycles. The van der Waals surface area contributed by atoms with E-state index in [1.807, 2.05) is 0 Å². The highest BCUT2D eigenvalue weighted by Gasteiger charge is 2.10. The van der Waals surface area contributed by atoms with Crippen molar-refractivity contribution in [1.82, 2.24) is 0 Å². The monoisotopic (exact) mass is 362 g/mol. The van der Waals surface area contributed by atoms with Gasteiger partial charge in [0.25, 0.3) is 5.69 Å². The van der Waals surface area contributed by atoms with Gasteiger partial charge < -0.3 is 5.32 Å². The molecule has 0 saturated carbocycles. The van der Waals surface area contributed by atoms with Crippen LogP contribution in [0.5, 0.6) is 0 Å². The van der Waals surface area contributed by atoms with Gasteiger partial charge in [0, 0.05) is 24.2 Å². The van der Waals surface area contributed by atoms with Gasteiger partial charge in [-0.25, -0.2) is 0 Å². The van der Waals surface area contributed by atoms with Crippen LogP contribution in [0.2, 0.25) is 0 Å². The minimum atomic E-state index is -0.427. The molecule has 5 heteroatoms. The number of nitro groups is 1. The Bertz CT molecular complexity index is 558. The van der Waals surface area contributed by atoms with Crippen LogP contribution in [0, 0.1) is 17.0 Å². The third-order valence-electron chi connectivity index (χ3n) is 4.70. The first kappa shape index (κ1) is 22.1.